The van der Waals surface area contributed by atoms with Crippen LogP contribution >= 0.6 is 11.9 Å². The van der Waals surface area contributed by atoms with Gasteiger partial charge in [-0.1, -0.05) is 61.2 Å². The van der Waals surface area contributed by atoms with Crippen LogP contribution < -0.4 is 5.32 Å². The summed E-state index contributed by atoms with van der Waals surface area (Å²) < 4.78 is 15.3. The lowest BCUT2D eigenvalue weighted by atomic mass is 9.95. The molecule has 1 atom stereocenters. The van der Waals surface area contributed by atoms with E-state index in [-0.39, 0.29) is 11.9 Å². The van der Waals surface area contributed by atoms with Crippen molar-refractivity contribution in [3.05, 3.63) is 101 Å². The van der Waals surface area contributed by atoms with Crippen molar-refractivity contribution in [1.29, 1.82) is 0 Å². The average molecular weight is 451 g/mol. The zero-order valence-corrected chi connectivity index (χ0v) is 19.9. The van der Waals surface area contributed by atoms with Gasteiger partial charge in [0.2, 0.25) is 5.91 Å². The van der Waals surface area contributed by atoms with Gasteiger partial charge in [0, 0.05) is 18.0 Å². The van der Waals surface area contributed by atoms with E-state index in [1.165, 1.54) is 38.8 Å². The molecule has 3 nitrogen and oxygen atoms in total. The molecule has 168 valence electrons. The first kappa shape index (κ1) is 24.0. The number of aryl methyl sites for hydroxylation is 3. The number of hydrogen-bond acceptors (Lipinski definition) is 3. The third-order valence-electron chi connectivity index (χ3n) is 5.64. The number of hydrogen-bond donors (Lipinski definition) is 1. The summed E-state index contributed by atoms with van der Waals surface area (Å²) in [5.41, 5.74) is 6.86. The fourth-order valence-electron chi connectivity index (χ4n) is 4.13. The molecule has 1 heterocycles. The minimum atomic E-state index is -0.512. The van der Waals surface area contributed by atoms with Gasteiger partial charge < -0.3 is 5.32 Å². The predicted molar refractivity (Wildman–Crippen MR) is 132 cm³/mol. The van der Waals surface area contributed by atoms with E-state index < -0.39 is 5.83 Å². The lowest BCUT2D eigenvalue weighted by molar-refractivity contribution is -0.125. The molecule has 32 heavy (non-hydrogen) atoms. The number of fused-ring (bicyclic) bond motifs is 1. The molecule has 5 heteroatoms. The summed E-state index contributed by atoms with van der Waals surface area (Å²) in [6, 6.07) is 12.4. The summed E-state index contributed by atoms with van der Waals surface area (Å²) in [5, 5.41) is 3.04. The normalized spacial score (nSPS) is 16.4. The Morgan fingerprint density at radius 3 is 2.50 bits per heavy atom. The van der Waals surface area contributed by atoms with Crippen LogP contribution in [-0.4, -0.2) is 22.8 Å². The predicted octanol–water partition coefficient (Wildman–Crippen LogP) is 6.15. The second-order valence-corrected chi connectivity index (χ2v) is 9.35. The number of carbonyl (C=O) groups is 1. The molecule has 2 aromatic rings. The SMILES string of the molecule is C=C/C(=C\C(=C)F)CCNC(=O)C1Cc2ccccc2CN1Sc1c(C)cc(C)cc1C. The van der Waals surface area contributed by atoms with Crippen LogP contribution in [0, 0.1) is 20.8 Å². The van der Waals surface area contributed by atoms with E-state index in [9.17, 15) is 9.18 Å². The van der Waals surface area contributed by atoms with Crippen molar-refractivity contribution < 1.29 is 9.18 Å². The van der Waals surface area contributed by atoms with Gasteiger partial charge in [-0.25, -0.2) is 8.70 Å². The quantitative estimate of drug-likeness (QED) is 0.387. The van der Waals surface area contributed by atoms with E-state index in [0.717, 1.165) is 0 Å². The zero-order valence-electron chi connectivity index (χ0n) is 19.1. The van der Waals surface area contributed by atoms with Crippen LogP contribution in [0.3, 0.4) is 0 Å². The Balaban J connectivity index is 1.79. The largest absolute Gasteiger partial charge is 0.354 e. The molecule has 0 saturated heterocycles. The van der Waals surface area contributed by atoms with Crippen molar-refractivity contribution in [2.45, 2.75) is 51.1 Å². The molecular weight excluding hydrogens is 419 g/mol. The zero-order chi connectivity index (χ0) is 23.3. The van der Waals surface area contributed by atoms with Gasteiger partial charge in [0.25, 0.3) is 0 Å². The van der Waals surface area contributed by atoms with Gasteiger partial charge in [-0.15, -0.1) is 0 Å². The topological polar surface area (TPSA) is 32.3 Å². The number of halogens is 1. The Morgan fingerprint density at radius 2 is 1.88 bits per heavy atom. The summed E-state index contributed by atoms with van der Waals surface area (Å²) in [4.78, 5) is 14.4. The van der Waals surface area contributed by atoms with Gasteiger partial charge in [-0.05, 0) is 79.5 Å². The summed E-state index contributed by atoms with van der Waals surface area (Å²) >= 11 is 1.66. The number of nitrogens with one attached hydrogen (secondary N) is 1. The Kier molecular flexibility index (Phi) is 8.10. The summed E-state index contributed by atoms with van der Waals surface area (Å²) in [7, 11) is 0. The highest BCUT2D eigenvalue weighted by molar-refractivity contribution is 7.97. The molecule has 0 aliphatic carbocycles. The highest BCUT2D eigenvalue weighted by atomic mass is 32.2. The van der Waals surface area contributed by atoms with E-state index in [4.69, 9.17) is 0 Å². The minimum Gasteiger partial charge on any atom is -0.354 e. The van der Waals surface area contributed by atoms with Crippen molar-refractivity contribution in [2.75, 3.05) is 6.54 Å². The Labute approximate surface area is 195 Å². The molecule has 0 fully saturated rings. The molecule has 0 aromatic heterocycles. The molecule has 1 amide bonds. The maximum absolute atomic E-state index is 13.2. The summed E-state index contributed by atoms with van der Waals surface area (Å²) in [6.45, 7) is 14.4. The lowest BCUT2D eigenvalue weighted by Crippen LogP contribution is -2.47. The maximum Gasteiger partial charge on any atom is 0.238 e. The molecule has 0 radical (unpaired) electrons. The van der Waals surface area contributed by atoms with E-state index in [0.29, 0.717) is 31.5 Å². The number of benzene rings is 2. The van der Waals surface area contributed by atoms with Crippen LogP contribution in [0.4, 0.5) is 4.39 Å². The first-order valence-electron chi connectivity index (χ1n) is 10.8. The first-order chi connectivity index (χ1) is 15.3. The lowest BCUT2D eigenvalue weighted by Gasteiger charge is -2.35. The first-order valence-corrected chi connectivity index (χ1v) is 11.6. The van der Waals surface area contributed by atoms with Crippen LogP contribution in [0.2, 0.25) is 0 Å². The fourth-order valence-corrected chi connectivity index (χ4v) is 5.27. The van der Waals surface area contributed by atoms with Crippen molar-refractivity contribution >= 4 is 17.9 Å². The van der Waals surface area contributed by atoms with Crippen molar-refractivity contribution in [3.63, 3.8) is 0 Å². The highest BCUT2D eigenvalue weighted by Crippen LogP contribution is 2.36. The monoisotopic (exact) mass is 450 g/mol. The van der Waals surface area contributed by atoms with Gasteiger partial charge in [0.15, 0.2) is 0 Å². The van der Waals surface area contributed by atoms with E-state index >= 15 is 0 Å². The van der Waals surface area contributed by atoms with Crippen molar-refractivity contribution in [1.82, 2.24) is 9.62 Å². The number of allylic oxidation sites excluding steroid dienone is 3. The van der Waals surface area contributed by atoms with Gasteiger partial charge in [0.05, 0.1) is 0 Å². The molecule has 1 aliphatic heterocycles. The minimum absolute atomic E-state index is 0.0168. The molecule has 1 aliphatic rings. The van der Waals surface area contributed by atoms with Crippen molar-refractivity contribution in [2.24, 2.45) is 0 Å². The molecule has 1 N–H and O–H groups in total. The summed E-state index contributed by atoms with van der Waals surface area (Å²) in [5.74, 6) is -0.529. The van der Waals surface area contributed by atoms with Crippen LogP contribution in [0.5, 0.6) is 0 Å². The molecule has 3 rings (SSSR count). The molecular formula is C27H31FN2OS. The number of amides is 1. The Morgan fingerprint density at radius 1 is 1.22 bits per heavy atom. The van der Waals surface area contributed by atoms with Gasteiger partial charge in [-0.2, -0.15) is 0 Å². The molecule has 2 aromatic carbocycles. The van der Waals surface area contributed by atoms with E-state index in [1.54, 1.807) is 18.0 Å². The third kappa shape index (κ3) is 5.99. The Bertz CT molecular complexity index is 1040. The van der Waals surface area contributed by atoms with Gasteiger partial charge in [-0.3, -0.25) is 4.79 Å². The third-order valence-corrected chi connectivity index (χ3v) is 7.08. The maximum atomic E-state index is 13.2. The number of carbonyl (C=O) groups excluding carboxylic acids is 1. The molecule has 0 spiro atoms. The van der Waals surface area contributed by atoms with E-state index in [2.05, 4.69) is 67.8 Å². The van der Waals surface area contributed by atoms with Gasteiger partial charge in [0.1, 0.15) is 11.9 Å². The van der Waals surface area contributed by atoms with Crippen molar-refractivity contribution in [3.8, 4) is 0 Å². The number of nitrogens with zero attached hydrogens (tertiary/aromatic N) is 1. The molecule has 1 unspecified atom stereocenters. The second kappa shape index (κ2) is 10.8. The van der Waals surface area contributed by atoms with E-state index in [1.807, 2.05) is 12.1 Å². The van der Waals surface area contributed by atoms with Gasteiger partial charge >= 0.3 is 0 Å². The fraction of sp³-hybridized carbons (Fsp3) is 0.296. The summed E-state index contributed by atoms with van der Waals surface area (Å²) in [6.07, 6.45) is 4.11. The molecule has 0 saturated carbocycles. The second-order valence-electron chi connectivity index (χ2n) is 8.29. The van der Waals surface area contributed by atoms with Crippen LogP contribution in [-0.2, 0) is 17.8 Å². The standard InChI is InChI=1S/C27H31FN2OS/c1-6-22(15-21(5)28)11-12-29-27(31)25-16-23-9-7-8-10-24(23)17-30(25)32-26-19(3)13-18(2)14-20(26)4/h6-10,13-15,25H,1,5,11-12,16-17H2,2-4H3,(H,29,31)/b22-15+. The Hall–Kier alpha value is -2.63. The van der Waals surface area contributed by atoms with Crippen LogP contribution in [0.15, 0.2) is 78.0 Å². The van der Waals surface area contributed by atoms with Crippen LogP contribution in [0.25, 0.3) is 0 Å². The smallest absolute Gasteiger partial charge is 0.238 e. The number of rotatable bonds is 8. The molecule has 0 bridgehead atoms. The van der Waals surface area contributed by atoms with Crippen LogP contribution in [0.1, 0.15) is 34.2 Å². The highest BCUT2D eigenvalue weighted by Gasteiger charge is 2.32. The average Bonchev–Trinajstić information content (AvgIpc) is 2.74.